The third-order valence-corrected chi connectivity index (χ3v) is 7.06. The zero-order valence-corrected chi connectivity index (χ0v) is 22.4. The van der Waals surface area contributed by atoms with E-state index in [-0.39, 0.29) is 23.0 Å². The number of amides is 2. The SMILES string of the molecule is CC(C)(C)c1cc(-c2ccc(Cl)cc2)nc2cc(C(=O)N3CCN(C(=O)c4ccn[nH]4)CC3(C)C)oc12. The summed E-state index contributed by atoms with van der Waals surface area (Å²) in [7, 11) is 0. The number of hydrogen-bond donors (Lipinski definition) is 1. The van der Waals surface area contributed by atoms with Crippen molar-refractivity contribution in [2.24, 2.45) is 0 Å². The van der Waals surface area contributed by atoms with Gasteiger partial charge in [-0.15, -0.1) is 0 Å². The van der Waals surface area contributed by atoms with E-state index in [4.69, 9.17) is 21.0 Å². The van der Waals surface area contributed by atoms with Crippen LogP contribution in [0.4, 0.5) is 0 Å². The Bertz CT molecular complexity index is 1470. The van der Waals surface area contributed by atoms with Gasteiger partial charge in [-0.25, -0.2) is 4.98 Å². The number of fused-ring (bicyclic) bond motifs is 1. The van der Waals surface area contributed by atoms with Gasteiger partial charge in [-0.2, -0.15) is 5.10 Å². The zero-order chi connectivity index (χ0) is 26.5. The maximum absolute atomic E-state index is 13.7. The summed E-state index contributed by atoms with van der Waals surface area (Å²) in [5, 5.41) is 7.25. The fraction of sp³-hybridized carbons (Fsp3) is 0.357. The normalized spacial score (nSPS) is 15.8. The average molecular weight is 520 g/mol. The van der Waals surface area contributed by atoms with Crippen LogP contribution in [0, 0.1) is 0 Å². The smallest absolute Gasteiger partial charge is 0.290 e. The first-order valence-electron chi connectivity index (χ1n) is 12.3. The number of piperazine rings is 1. The number of nitrogens with one attached hydrogen (secondary N) is 1. The van der Waals surface area contributed by atoms with E-state index in [0.717, 1.165) is 16.8 Å². The van der Waals surface area contributed by atoms with Crippen LogP contribution in [0.2, 0.25) is 5.02 Å². The standard InChI is InChI=1S/C28H30ClN5O3/c1-27(2,3)19-14-21(17-6-8-18(29)9-7-17)31-22-15-23(37-24(19)22)26(36)34-13-12-33(16-28(34,4)5)25(35)20-10-11-30-32-20/h6-11,14-15H,12-13,16H2,1-5H3,(H,30,32). The number of benzene rings is 1. The first kappa shape index (κ1) is 25.0. The second-order valence-corrected chi connectivity index (χ2v) is 11.5. The van der Waals surface area contributed by atoms with Crippen molar-refractivity contribution in [3.8, 4) is 11.3 Å². The molecule has 4 aromatic rings. The number of halogens is 1. The number of furan rings is 1. The quantitative estimate of drug-likeness (QED) is 0.383. The van der Waals surface area contributed by atoms with Gasteiger partial charge in [0.25, 0.3) is 11.8 Å². The Morgan fingerprint density at radius 3 is 2.41 bits per heavy atom. The van der Waals surface area contributed by atoms with Crippen LogP contribution in [0.25, 0.3) is 22.4 Å². The third kappa shape index (κ3) is 4.73. The summed E-state index contributed by atoms with van der Waals surface area (Å²) in [4.78, 5) is 34.9. The lowest BCUT2D eigenvalue weighted by atomic mass is 9.86. The molecule has 3 aromatic heterocycles. The van der Waals surface area contributed by atoms with E-state index in [1.54, 1.807) is 28.1 Å². The number of nitrogens with zero attached hydrogens (tertiary/aromatic N) is 4. The number of aromatic amines is 1. The van der Waals surface area contributed by atoms with E-state index >= 15 is 0 Å². The predicted octanol–water partition coefficient (Wildman–Crippen LogP) is 5.55. The van der Waals surface area contributed by atoms with Crippen molar-refractivity contribution in [2.75, 3.05) is 19.6 Å². The number of rotatable bonds is 3. The molecule has 1 saturated heterocycles. The number of carbonyl (C=O) groups is 2. The van der Waals surface area contributed by atoms with Crippen LogP contribution >= 0.6 is 11.6 Å². The first-order chi connectivity index (χ1) is 17.4. The summed E-state index contributed by atoms with van der Waals surface area (Å²) in [6.45, 7) is 11.4. The topological polar surface area (TPSA) is 95.3 Å². The van der Waals surface area contributed by atoms with Gasteiger partial charge in [0.1, 0.15) is 11.2 Å². The molecule has 1 aromatic carbocycles. The molecule has 4 heterocycles. The van der Waals surface area contributed by atoms with E-state index in [2.05, 4.69) is 31.0 Å². The highest BCUT2D eigenvalue weighted by Crippen LogP contribution is 2.35. The molecule has 1 aliphatic rings. The Morgan fingerprint density at radius 1 is 1.05 bits per heavy atom. The van der Waals surface area contributed by atoms with Crippen LogP contribution in [-0.2, 0) is 5.41 Å². The molecular formula is C28H30ClN5O3. The number of aromatic nitrogens is 3. The average Bonchev–Trinajstić information content (AvgIpc) is 3.52. The van der Waals surface area contributed by atoms with Crippen molar-refractivity contribution >= 4 is 34.5 Å². The van der Waals surface area contributed by atoms with Crippen molar-refractivity contribution < 1.29 is 14.0 Å². The van der Waals surface area contributed by atoms with Gasteiger partial charge >= 0.3 is 0 Å². The van der Waals surface area contributed by atoms with Gasteiger partial charge in [0.05, 0.1) is 11.2 Å². The molecule has 8 nitrogen and oxygen atoms in total. The molecule has 0 radical (unpaired) electrons. The van der Waals surface area contributed by atoms with Crippen molar-refractivity contribution in [1.82, 2.24) is 25.0 Å². The van der Waals surface area contributed by atoms with Crippen LogP contribution in [0.1, 0.15) is 61.2 Å². The molecule has 0 unspecified atom stereocenters. The minimum Gasteiger partial charge on any atom is -0.449 e. The molecular weight excluding hydrogens is 490 g/mol. The number of pyridine rings is 1. The summed E-state index contributed by atoms with van der Waals surface area (Å²) in [6, 6.07) is 12.9. The Labute approximate surface area is 220 Å². The van der Waals surface area contributed by atoms with E-state index in [1.165, 1.54) is 0 Å². The summed E-state index contributed by atoms with van der Waals surface area (Å²) in [6.07, 6.45) is 1.55. The van der Waals surface area contributed by atoms with E-state index in [9.17, 15) is 9.59 Å². The molecule has 9 heteroatoms. The Balaban J connectivity index is 1.47. The highest BCUT2D eigenvalue weighted by molar-refractivity contribution is 6.30. The van der Waals surface area contributed by atoms with E-state index in [0.29, 0.717) is 41.5 Å². The summed E-state index contributed by atoms with van der Waals surface area (Å²) < 4.78 is 6.21. The predicted molar refractivity (Wildman–Crippen MR) is 143 cm³/mol. The van der Waals surface area contributed by atoms with Crippen molar-refractivity contribution in [3.63, 3.8) is 0 Å². The van der Waals surface area contributed by atoms with E-state index < -0.39 is 5.54 Å². The fourth-order valence-corrected chi connectivity index (χ4v) is 4.96. The maximum atomic E-state index is 13.7. The molecule has 1 N–H and O–H groups in total. The molecule has 0 atom stereocenters. The first-order valence-corrected chi connectivity index (χ1v) is 12.6. The zero-order valence-electron chi connectivity index (χ0n) is 21.6. The number of H-pyrrole nitrogens is 1. The Kier molecular flexibility index (Phi) is 6.10. The maximum Gasteiger partial charge on any atom is 0.290 e. The molecule has 37 heavy (non-hydrogen) atoms. The Morgan fingerprint density at radius 2 is 1.78 bits per heavy atom. The van der Waals surface area contributed by atoms with Crippen LogP contribution in [0.5, 0.6) is 0 Å². The van der Waals surface area contributed by atoms with Crippen molar-refractivity contribution in [3.05, 3.63) is 70.7 Å². The molecule has 0 spiro atoms. The van der Waals surface area contributed by atoms with Gasteiger partial charge in [0.15, 0.2) is 11.3 Å². The van der Waals surface area contributed by atoms with Crippen molar-refractivity contribution in [1.29, 1.82) is 0 Å². The monoisotopic (exact) mass is 519 g/mol. The minimum absolute atomic E-state index is 0.129. The Hall–Kier alpha value is -3.65. The van der Waals surface area contributed by atoms with Gasteiger partial charge in [-0.1, -0.05) is 44.5 Å². The highest BCUT2D eigenvalue weighted by Gasteiger charge is 2.40. The lowest BCUT2D eigenvalue weighted by molar-refractivity contribution is 0.0148. The van der Waals surface area contributed by atoms with E-state index in [1.807, 2.05) is 44.2 Å². The highest BCUT2D eigenvalue weighted by atomic mass is 35.5. The van der Waals surface area contributed by atoms with Crippen LogP contribution < -0.4 is 0 Å². The van der Waals surface area contributed by atoms with Gasteiger partial charge in [-0.05, 0) is 43.5 Å². The molecule has 0 bridgehead atoms. The molecule has 1 aliphatic heterocycles. The molecule has 5 rings (SSSR count). The number of hydrogen-bond acceptors (Lipinski definition) is 5. The third-order valence-electron chi connectivity index (χ3n) is 6.80. The van der Waals surface area contributed by atoms with Gasteiger partial charge in [-0.3, -0.25) is 14.7 Å². The number of carbonyl (C=O) groups excluding carboxylic acids is 2. The summed E-state index contributed by atoms with van der Waals surface area (Å²) in [5.41, 5.74) is 3.54. The molecule has 1 fully saturated rings. The lowest BCUT2D eigenvalue weighted by Crippen LogP contribution is -2.62. The van der Waals surface area contributed by atoms with Gasteiger partial charge < -0.3 is 14.2 Å². The second kappa shape index (κ2) is 9.03. The van der Waals surface area contributed by atoms with Crippen LogP contribution in [-0.4, -0.2) is 62.0 Å². The molecule has 192 valence electrons. The van der Waals surface area contributed by atoms with Gasteiger partial charge in [0, 0.05) is 48.0 Å². The summed E-state index contributed by atoms with van der Waals surface area (Å²) >= 11 is 6.08. The molecule has 2 amide bonds. The molecule has 0 aliphatic carbocycles. The largest absolute Gasteiger partial charge is 0.449 e. The van der Waals surface area contributed by atoms with Crippen molar-refractivity contribution in [2.45, 2.75) is 45.6 Å². The van der Waals surface area contributed by atoms with Gasteiger partial charge in [0.2, 0.25) is 0 Å². The summed E-state index contributed by atoms with van der Waals surface area (Å²) in [5.74, 6) is -0.109. The lowest BCUT2D eigenvalue weighted by Gasteiger charge is -2.46. The second-order valence-electron chi connectivity index (χ2n) is 11.1. The molecule has 0 saturated carbocycles. The van der Waals surface area contributed by atoms with Crippen LogP contribution in [0.15, 0.2) is 53.1 Å². The van der Waals surface area contributed by atoms with Crippen LogP contribution in [0.3, 0.4) is 0 Å². The minimum atomic E-state index is -0.598. The fourth-order valence-electron chi connectivity index (χ4n) is 4.84.